The van der Waals surface area contributed by atoms with Gasteiger partial charge in [0.2, 0.25) is 0 Å². The minimum Gasteiger partial charge on any atom is -0.381 e. The number of aromatic nitrogens is 5. The number of nitrogens with zero attached hydrogens (tertiary/aromatic N) is 4. The summed E-state index contributed by atoms with van der Waals surface area (Å²) in [5, 5.41) is 1.54. The highest BCUT2D eigenvalue weighted by Crippen LogP contribution is 2.33. The first kappa shape index (κ1) is 25.5. The third-order valence-corrected chi connectivity index (χ3v) is 7.30. The van der Waals surface area contributed by atoms with Crippen LogP contribution in [0.5, 0.6) is 0 Å². The van der Waals surface area contributed by atoms with Gasteiger partial charge in [0.1, 0.15) is 5.82 Å². The average Bonchev–Trinajstić information content (AvgIpc) is 3.39. The fraction of sp³-hybridized carbons (Fsp3) is 0.458. The second kappa shape index (κ2) is 10.2. The van der Waals surface area contributed by atoms with Crippen molar-refractivity contribution in [3.05, 3.63) is 60.6 Å². The van der Waals surface area contributed by atoms with Crippen LogP contribution in [0.2, 0.25) is 10.0 Å². The topological polar surface area (TPSA) is 113 Å². The van der Waals surface area contributed by atoms with Crippen molar-refractivity contribution in [2.45, 2.75) is 39.3 Å². The third kappa shape index (κ3) is 4.31. The summed E-state index contributed by atoms with van der Waals surface area (Å²) in [7, 11) is 3.36. The molecule has 0 bridgehead atoms. The summed E-state index contributed by atoms with van der Waals surface area (Å²) in [6.07, 6.45) is 1.66. The van der Waals surface area contributed by atoms with Gasteiger partial charge < -0.3 is 20.0 Å². The summed E-state index contributed by atoms with van der Waals surface area (Å²) in [4.78, 5) is 34.4. The smallest absolute Gasteiger partial charge is 0.332 e. The summed E-state index contributed by atoms with van der Waals surface area (Å²) < 4.78 is 9.67. The molecule has 1 aliphatic heterocycles. The first-order valence-corrected chi connectivity index (χ1v) is 12.5. The molecular formula is C24H30Cl2N6O3. The lowest BCUT2D eigenvalue weighted by atomic mass is 9.92. The molecule has 35 heavy (non-hydrogen) atoms. The van der Waals surface area contributed by atoms with Crippen molar-refractivity contribution in [2.75, 3.05) is 13.2 Å². The van der Waals surface area contributed by atoms with Crippen LogP contribution < -0.4 is 17.0 Å². The first-order valence-electron chi connectivity index (χ1n) is 11.7. The van der Waals surface area contributed by atoms with Crippen molar-refractivity contribution in [1.29, 1.82) is 0 Å². The Morgan fingerprint density at radius 3 is 2.51 bits per heavy atom. The van der Waals surface area contributed by atoms with E-state index in [0.29, 0.717) is 51.3 Å². The lowest BCUT2D eigenvalue weighted by Crippen LogP contribution is -2.40. The van der Waals surface area contributed by atoms with Gasteiger partial charge in [-0.15, -0.1) is 0 Å². The Balaban J connectivity index is 0.00000141. The monoisotopic (exact) mass is 520 g/mol. The summed E-state index contributed by atoms with van der Waals surface area (Å²) in [6, 6.07) is 5.02. The Bertz CT molecular complexity index is 1490. The maximum Gasteiger partial charge on any atom is 0.332 e. The maximum absolute atomic E-state index is 13.5. The first-order chi connectivity index (χ1) is 16.8. The molecule has 0 aliphatic carbocycles. The van der Waals surface area contributed by atoms with E-state index in [1.54, 1.807) is 30.8 Å². The summed E-state index contributed by atoms with van der Waals surface area (Å²) >= 11 is 12.8. The molecule has 0 spiro atoms. The van der Waals surface area contributed by atoms with Gasteiger partial charge in [0.15, 0.2) is 11.2 Å². The van der Waals surface area contributed by atoms with E-state index >= 15 is 0 Å². The number of nitrogens with one attached hydrogen (secondary N) is 1. The van der Waals surface area contributed by atoms with Crippen LogP contribution in [0.3, 0.4) is 0 Å². The quantitative estimate of drug-likeness (QED) is 0.425. The van der Waals surface area contributed by atoms with Crippen LogP contribution in [0.25, 0.3) is 22.1 Å². The number of hydrogen-bond acceptors (Lipinski definition) is 5. The number of aryl methyl sites for hydroxylation is 2. The summed E-state index contributed by atoms with van der Waals surface area (Å²) in [5.74, 6) is 0.778. The van der Waals surface area contributed by atoms with Crippen molar-refractivity contribution >= 4 is 45.3 Å². The van der Waals surface area contributed by atoms with Crippen LogP contribution in [0.1, 0.15) is 44.2 Å². The number of rotatable bonds is 4. The molecule has 1 aromatic carbocycles. The predicted octanol–water partition coefficient (Wildman–Crippen LogP) is 3.72. The van der Waals surface area contributed by atoms with E-state index < -0.39 is 11.2 Å². The summed E-state index contributed by atoms with van der Waals surface area (Å²) in [6.45, 7) is 5.28. The molecular weight excluding hydrogens is 491 g/mol. The van der Waals surface area contributed by atoms with E-state index in [2.05, 4.69) is 9.97 Å². The lowest BCUT2D eigenvalue weighted by Gasteiger charge is -2.27. The van der Waals surface area contributed by atoms with Crippen molar-refractivity contribution in [3.63, 3.8) is 0 Å². The van der Waals surface area contributed by atoms with E-state index in [9.17, 15) is 9.59 Å². The number of imidazole rings is 1. The Morgan fingerprint density at radius 1 is 1.17 bits per heavy atom. The standard InChI is InChI=1S/C22H24Cl2N6O3.C2H6/c1-28-18-20(27-19(28)17(25)11-6-8-33-9-7-11)29(2)22(32)30(21(18)31)10-14-16(24)15-12(23)4-3-5-13(15)26-14;1-2/h3-5,11,17,26H,6-10,25H2,1-2H3;1-2H3. The predicted molar refractivity (Wildman–Crippen MR) is 139 cm³/mol. The van der Waals surface area contributed by atoms with E-state index in [-0.39, 0.29) is 18.5 Å². The zero-order chi connectivity index (χ0) is 25.4. The SMILES string of the molecule is CC.Cn1c(C(N)C2CCOCC2)nc2c1c(=O)n(Cc1[nH]c3cccc(Cl)c3c1Cl)c(=O)n2C. The Kier molecular flexibility index (Phi) is 7.42. The third-order valence-electron chi connectivity index (χ3n) is 6.57. The van der Waals surface area contributed by atoms with Gasteiger partial charge in [-0.1, -0.05) is 43.1 Å². The molecule has 5 rings (SSSR count). The van der Waals surface area contributed by atoms with Crippen molar-refractivity contribution in [1.82, 2.24) is 23.7 Å². The molecule has 11 heteroatoms. The molecule has 3 N–H and O–H groups in total. The number of benzene rings is 1. The van der Waals surface area contributed by atoms with E-state index in [0.717, 1.165) is 22.9 Å². The van der Waals surface area contributed by atoms with Crippen LogP contribution in [0.4, 0.5) is 0 Å². The number of H-pyrrole nitrogens is 1. The van der Waals surface area contributed by atoms with Gasteiger partial charge in [-0.05, 0) is 30.9 Å². The second-order valence-electron chi connectivity index (χ2n) is 8.49. The van der Waals surface area contributed by atoms with Gasteiger partial charge in [0, 0.05) is 38.2 Å². The Labute approximate surface area is 212 Å². The fourth-order valence-corrected chi connectivity index (χ4v) is 5.30. The molecule has 4 heterocycles. The van der Waals surface area contributed by atoms with Gasteiger partial charge >= 0.3 is 5.69 Å². The highest BCUT2D eigenvalue weighted by molar-refractivity contribution is 6.42. The molecule has 0 amide bonds. The highest BCUT2D eigenvalue weighted by atomic mass is 35.5. The van der Waals surface area contributed by atoms with E-state index in [4.69, 9.17) is 33.7 Å². The maximum atomic E-state index is 13.5. The minimum absolute atomic E-state index is 0.0299. The Hall–Kier alpha value is -2.59. The minimum atomic E-state index is -0.488. The summed E-state index contributed by atoms with van der Waals surface area (Å²) in [5.41, 5.74) is 7.50. The molecule has 1 fully saturated rings. The Morgan fingerprint density at radius 2 is 1.86 bits per heavy atom. The molecule has 9 nitrogen and oxygen atoms in total. The van der Waals surface area contributed by atoms with Gasteiger partial charge in [-0.2, -0.15) is 0 Å². The largest absolute Gasteiger partial charge is 0.381 e. The van der Waals surface area contributed by atoms with Crippen LogP contribution in [-0.4, -0.2) is 36.9 Å². The average molecular weight is 521 g/mol. The molecule has 0 radical (unpaired) electrons. The number of nitrogens with two attached hydrogens (primary N) is 1. The zero-order valence-electron chi connectivity index (χ0n) is 20.3. The number of halogens is 2. The molecule has 1 aliphatic rings. The number of ether oxygens (including phenoxy) is 1. The molecule has 0 saturated carbocycles. The number of aromatic amines is 1. The van der Waals surface area contributed by atoms with Crippen molar-refractivity contribution < 1.29 is 4.74 Å². The molecule has 1 atom stereocenters. The molecule has 188 valence electrons. The fourth-order valence-electron chi connectivity index (χ4n) is 4.67. The van der Waals surface area contributed by atoms with Gasteiger partial charge in [-0.3, -0.25) is 13.9 Å². The zero-order valence-corrected chi connectivity index (χ0v) is 21.8. The van der Waals surface area contributed by atoms with Crippen LogP contribution in [-0.2, 0) is 25.4 Å². The number of hydrogen-bond donors (Lipinski definition) is 2. The lowest BCUT2D eigenvalue weighted by molar-refractivity contribution is 0.0572. The van der Waals surface area contributed by atoms with E-state index in [1.807, 2.05) is 19.9 Å². The second-order valence-corrected chi connectivity index (χ2v) is 9.27. The van der Waals surface area contributed by atoms with Crippen LogP contribution >= 0.6 is 23.2 Å². The van der Waals surface area contributed by atoms with Gasteiger partial charge in [0.05, 0.1) is 28.3 Å². The van der Waals surface area contributed by atoms with Gasteiger partial charge in [0.25, 0.3) is 5.56 Å². The van der Waals surface area contributed by atoms with Crippen LogP contribution in [0, 0.1) is 5.92 Å². The molecule has 3 aromatic heterocycles. The highest BCUT2D eigenvalue weighted by Gasteiger charge is 2.28. The molecule has 4 aromatic rings. The van der Waals surface area contributed by atoms with Crippen LogP contribution in [0.15, 0.2) is 27.8 Å². The molecule has 1 unspecified atom stereocenters. The van der Waals surface area contributed by atoms with E-state index in [1.165, 1.54) is 4.57 Å². The van der Waals surface area contributed by atoms with Crippen molar-refractivity contribution in [3.8, 4) is 0 Å². The molecule has 1 saturated heterocycles. The number of fused-ring (bicyclic) bond motifs is 2. The van der Waals surface area contributed by atoms with Crippen molar-refractivity contribution in [2.24, 2.45) is 25.7 Å². The normalized spacial score (nSPS) is 15.4. The van der Waals surface area contributed by atoms with Gasteiger partial charge in [-0.25, -0.2) is 9.78 Å².